The van der Waals surface area contributed by atoms with Crippen molar-refractivity contribution in [2.75, 3.05) is 13.7 Å². The lowest BCUT2D eigenvalue weighted by molar-refractivity contribution is -0.000183. The van der Waals surface area contributed by atoms with Gasteiger partial charge in [0.25, 0.3) is 0 Å². The highest BCUT2D eigenvalue weighted by molar-refractivity contribution is 6.58. The Balaban J connectivity index is 2.64. The Labute approximate surface area is 100 Å². The average molecular weight is 242 g/mol. The van der Waals surface area contributed by atoms with Crippen LogP contribution in [0.3, 0.4) is 0 Å². The predicted octanol–water partition coefficient (Wildman–Crippen LogP) is 0.0570. The molecule has 0 radical (unpaired) electrons. The zero-order valence-corrected chi connectivity index (χ0v) is 9.89. The number of methoxy groups -OCH3 is 1. The van der Waals surface area contributed by atoms with E-state index in [0.717, 1.165) is 6.07 Å². The van der Waals surface area contributed by atoms with Crippen LogP contribution in [0.5, 0.6) is 0 Å². The number of hydrogen-bond acceptors (Lipinski definition) is 4. The van der Waals surface area contributed by atoms with Crippen LogP contribution in [0.4, 0.5) is 4.39 Å². The summed E-state index contributed by atoms with van der Waals surface area (Å²) < 4.78 is 23.5. The molecule has 4 nitrogen and oxygen atoms in total. The molecule has 17 heavy (non-hydrogen) atoms. The first-order chi connectivity index (χ1) is 8.02. The number of rotatable bonds is 6. The van der Waals surface area contributed by atoms with Crippen LogP contribution in [0.15, 0.2) is 18.2 Å². The summed E-state index contributed by atoms with van der Waals surface area (Å²) in [6.07, 6.45) is -0.106. The van der Waals surface area contributed by atoms with E-state index in [0.29, 0.717) is 12.2 Å². The third-order valence-corrected chi connectivity index (χ3v) is 2.21. The molecule has 1 rings (SSSR count). The van der Waals surface area contributed by atoms with E-state index < -0.39 is 12.9 Å². The van der Waals surface area contributed by atoms with E-state index in [1.54, 1.807) is 7.11 Å². The first-order valence-electron chi connectivity index (χ1n) is 5.29. The molecular weight excluding hydrogens is 226 g/mol. The van der Waals surface area contributed by atoms with Crippen LogP contribution >= 0.6 is 0 Å². The molecule has 94 valence electrons. The molecule has 6 heteroatoms. The molecule has 1 atom stereocenters. The van der Waals surface area contributed by atoms with Crippen LogP contribution in [-0.2, 0) is 16.1 Å². The highest BCUT2D eigenvalue weighted by Gasteiger charge is 2.13. The largest absolute Gasteiger partial charge is 0.488 e. The minimum atomic E-state index is -1.68. The number of hydrogen-bond donors (Lipinski definition) is 2. The van der Waals surface area contributed by atoms with E-state index >= 15 is 0 Å². The Morgan fingerprint density at radius 1 is 1.35 bits per heavy atom. The smallest absolute Gasteiger partial charge is 0.423 e. The minimum Gasteiger partial charge on any atom is -0.423 e. The molecule has 0 fully saturated rings. The third-order valence-electron chi connectivity index (χ3n) is 2.21. The van der Waals surface area contributed by atoms with E-state index in [2.05, 4.69) is 0 Å². The van der Waals surface area contributed by atoms with Crippen LogP contribution in [0.2, 0.25) is 0 Å². The molecule has 0 aliphatic rings. The van der Waals surface area contributed by atoms with E-state index in [4.69, 9.17) is 19.5 Å². The second-order valence-electron chi connectivity index (χ2n) is 3.84. The molecule has 1 aromatic carbocycles. The van der Waals surface area contributed by atoms with Gasteiger partial charge in [-0.05, 0) is 30.1 Å². The summed E-state index contributed by atoms with van der Waals surface area (Å²) in [7, 11) is -0.108. The van der Waals surface area contributed by atoms with Crippen molar-refractivity contribution in [1.29, 1.82) is 0 Å². The molecule has 0 aliphatic carbocycles. The maximum Gasteiger partial charge on any atom is 0.488 e. The predicted molar refractivity (Wildman–Crippen MR) is 62.4 cm³/mol. The van der Waals surface area contributed by atoms with Gasteiger partial charge in [-0.15, -0.1) is 0 Å². The Morgan fingerprint density at radius 2 is 2.06 bits per heavy atom. The normalized spacial score (nSPS) is 12.5. The van der Waals surface area contributed by atoms with Gasteiger partial charge >= 0.3 is 7.12 Å². The second kappa shape index (κ2) is 6.71. The Kier molecular flexibility index (Phi) is 5.57. The van der Waals surface area contributed by atoms with Gasteiger partial charge in [0.05, 0.1) is 19.3 Å². The van der Waals surface area contributed by atoms with Gasteiger partial charge < -0.3 is 19.5 Å². The molecule has 0 saturated carbocycles. The third kappa shape index (κ3) is 4.83. The fourth-order valence-corrected chi connectivity index (χ4v) is 1.43. The number of benzene rings is 1. The van der Waals surface area contributed by atoms with Gasteiger partial charge in [0, 0.05) is 7.11 Å². The summed E-state index contributed by atoms with van der Waals surface area (Å²) in [5.74, 6) is -0.520. The number of halogens is 1. The summed E-state index contributed by atoms with van der Waals surface area (Å²) in [4.78, 5) is 0. The standard InChI is InChI=1S/C11H16BFO4/c1-8(6-16-2)17-7-9-3-10(12(14)15)5-11(13)4-9/h3-5,8,14-15H,6-7H2,1-2H3. The fourth-order valence-electron chi connectivity index (χ4n) is 1.43. The van der Waals surface area contributed by atoms with Crippen molar-refractivity contribution in [2.24, 2.45) is 0 Å². The van der Waals surface area contributed by atoms with Crippen molar-refractivity contribution in [1.82, 2.24) is 0 Å². The van der Waals surface area contributed by atoms with Gasteiger partial charge in [-0.25, -0.2) is 4.39 Å². The summed E-state index contributed by atoms with van der Waals surface area (Å²) in [6, 6.07) is 3.87. The summed E-state index contributed by atoms with van der Waals surface area (Å²) in [6.45, 7) is 2.48. The van der Waals surface area contributed by atoms with Crippen LogP contribution in [0.1, 0.15) is 12.5 Å². The molecule has 0 aliphatic heterocycles. The molecule has 0 saturated heterocycles. The lowest BCUT2D eigenvalue weighted by atomic mass is 9.79. The van der Waals surface area contributed by atoms with Crippen molar-refractivity contribution in [2.45, 2.75) is 19.6 Å². The fraction of sp³-hybridized carbons (Fsp3) is 0.455. The zero-order chi connectivity index (χ0) is 12.8. The van der Waals surface area contributed by atoms with Gasteiger partial charge in [-0.2, -0.15) is 0 Å². The van der Waals surface area contributed by atoms with Gasteiger partial charge in [-0.1, -0.05) is 6.07 Å². The lowest BCUT2D eigenvalue weighted by Crippen LogP contribution is -2.30. The molecule has 2 N–H and O–H groups in total. The van der Waals surface area contributed by atoms with E-state index in [9.17, 15) is 4.39 Å². The Bertz CT molecular complexity index is 359. The first-order valence-corrected chi connectivity index (χ1v) is 5.29. The van der Waals surface area contributed by atoms with Crippen molar-refractivity contribution >= 4 is 12.6 Å². The monoisotopic (exact) mass is 242 g/mol. The van der Waals surface area contributed by atoms with Crippen molar-refractivity contribution in [3.05, 3.63) is 29.6 Å². The first kappa shape index (κ1) is 14.1. The van der Waals surface area contributed by atoms with Gasteiger partial charge in [-0.3, -0.25) is 0 Å². The number of ether oxygens (including phenoxy) is 2. The van der Waals surface area contributed by atoms with Gasteiger partial charge in [0.2, 0.25) is 0 Å². The highest BCUT2D eigenvalue weighted by atomic mass is 19.1. The molecule has 0 spiro atoms. The summed E-state index contributed by atoms with van der Waals surface area (Å²) >= 11 is 0. The van der Waals surface area contributed by atoms with Crippen LogP contribution in [0, 0.1) is 5.82 Å². The van der Waals surface area contributed by atoms with Crippen LogP contribution in [0.25, 0.3) is 0 Å². The summed E-state index contributed by atoms with van der Waals surface area (Å²) in [5.41, 5.74) is 0.666. The molecule has 1 aromatic rings. The van der Waals surface area contributed by atoms with E-state index in [1.807, 2.05) is 6.92 Å². The zero-order valence-electron chi connectivity index (χ0n) is 9.89. The lowest BCUT2D eigenvalue weighted by Gasteiger charge is -2.12. The summed E-state index contributed by atoms with van der Waals surface area (Å²) in [5, 5.41) is 17.9. The Morgan fingerprint density at radius 3 is 2.65 bits per heavy atom. The molecule has 0 amide bonds. The average Bonchev–Trinajstić information content (AvgIpc) is 2.26. The van der Waals surface area contributed by atoms with E-state index in [-0.39, 0.29) is 18.2 Å². The topological polar surface area (TPSA) is 58.9 Å². The maximum atomic E-state index is 13.2. The van der Waals surface area contributed by atoms with Gasteiger partial charge in [0.15, 0.2) is 0 Å². The maximum absolute atomic E-state index is 13.2. The molecule has 0 aromatic heterocycles. The molecular formula is C11H16BFO4. The molecule has 1 unspecified atom stereocenters. The van der Waals surface area contributed by atoms with E-state index in [1.165, 1.54) is 12.1 Å². The van der Waals surface area contributed by atoms with Gasteiger partial charge in [0.1, 0.15) is 5.82 Å². The molecule has 0 bridgehead atoms. The van der Waals surface area contributed by atoms with Crippen LogP contribution in [-0.4, -0.2) is 37.0 Å². The SMILES string of the molecule is COCC(C)OCc1cc(F)cc(B(O)O)c1. The quantitative estimate of drug-likeness (QED) is 0.692. The van der Waals surface area contributed by atoms with Crippen LogP contribution < -0.4 is 5.46 Å². The van der Waals surface area contributed by atoms with Crippen molar-refractivity contribution < 1.29 is 23.9 Å². The van der Waals surface area contributed by atoms with Crippen molar-refractivity contribution in [3.63, 3.8) is 0 Å². The van der Waals surface area contributed by atoms with Crippen molar-refractivity contribution in [3.8, 4) is 0 Å². The minimum absolute atomic E-state index is 0.106. The Hall–Kier alpha value is -0.945. The molecule has 0 heterocycles. The second-order valence-corrected chi connectivity index (χ2v) is 3.84. The highest BCUT2D eigenvalue weighted by Crippen LogP contribution is 2.06.